The smallest absolute Gasteiger partial charge is 0.129 e. The van der Waals surface area contributed by atoms with Crippen LogP contribution >= 0.6 is 11.6 Å². The Kier molecular flexibility index (Phi) is 2.89. The van der Waals surface area contributed by atoms with Gasteiger partial charge in [-0.2, -0.15) is 0 Å². The van der Waals surface area contributed by atoms with Gasteiger partial charge >= 0.3 is 0 Å². The molecule has 1 N–H and O–H groups in total. The van der Waals surface area contributed by atoms with E-state index in [1.807, 2.05) is 0 Å². The van der Waals surface area contributed by atoms with Crippen molar-refractivity contribution in [1.29, 1.82) is 0 Å². The Morgan fingerprint density at radius 3 is 2.40 bits per heavy atom. The first-order chi connectivity index (χ1) is 7.27. The van der Waals surface area contributed by atoms with E-state index < -0.39 is 6.10 Å². The van der Waals surface area contributed by atoms with Crippen LogP contribution in [-0.2, 0) is 0 Å². The molecule has 0 radical (unpaired) electrons. The molecule has 2 aromatic rings. The van der Waals surface area contributed by atoms with Crippen molar-refractivity contribution >= 4 is 11.6 Å². The Morgan fingerprint density at radius 2 is 1.80 bits per heavy atom. The van der Waals surface area contributed by atoms with Gasteiger partial charge in [-0.25, -0.2) is 15.0 Å². The maximum absolute atomic E-state index is 9.92. The highest BCUT2D eigenvalue weighted by Crippen LogP contribution is 2.20. The second-order valence-corrected chi connectivity index (χ2v) is 3.38. The van der Waals surface area contributed by atoms with Gasteiger partial charge in [-0.15, -0.1) is 0 Å². The lowest BCUT2D eigenvalue weighted by Gasteiger charge is -2.09. The molecule has 1 atom stereocenters. The van der Waals surface area contributed by atoms with E-state index in [1.54, 1.807) is 24.5 Å². The van der Waals surface area contributed by atoms with Gasteiger partial charge in [0.25, 0.3) is 0 Å². The third-order valence-electron chi connectivity index (χ3n) is 1.96. The van der Waals surface area contributed by atoms with Crippen LogP contribution in [-0.4, -0.2) is 20.1 Å². The average molecular weight is 222 g/mol. The van der Waals surface area contributed by atoms with E-state index in [0.717, 1.165) is 0 Å². The van der Waals surface area contributed by atoms with E-state index in [4.69, 9.17) is 11.6 Å². The molecule has 0 spiro atoms. The summed E-state index contributed by atoms with van der Waals surface area (Å²) >= 11 is 5.64. The molecule has 5 heteroatoms. The van der Waals surface area contributed by atoms with Crippen LogP contribution in [0.3, 0.4) is 0 Å². The number of aliphatic hydroxyl groups is 1. The van der Waals surface area contributed by atoms with Crippen LogP contribution in [0.25, 0.3) is 0 Å². The van der Waals surface area contributed by atoms with Crippen LogP contribution in [0.2, 0.25) is 5.15 Å². The highest BCUT2D eigenvalue weighted by molar-refractivity contribution is 6.29. The third kappa shape index (κ3) is 2.29. The van der Waals surface area contributed by atoms with Gasteiger partial charge in [-0.05, 0) is 6.07 Å². The van der Waals surface area contributed by atoms with Gasteiger partial charge in [-0.1, -0.05) is 17.7 Å². The summed E-state index contributed by atoms with van der Waals surface area (Å²) in [5, 5.41) is 10.3. The van der Waals surface area contributed by atoms with E-state index in [-0.39, 0.29) is 0 Å². The van der Waals surface area contributed by atoms with Crippen molar-refractivity contribution in [3.05, 3.63) is 53.3 Å². The summed E-state index contributed by atoms with van der Waals surface area (Å²) in [5.41, 5.74) is 1.29. The van der Waals surface area contributed by atoms with Crippen LogP contribution in [0.5, 0.6) is 0 Å². The van der Waals surface area contributed by atoms with Crippen LogP contribution < -0.4 is 0 Å². The summed E-state index contributed by atoms with van der Waals surface area (Å²) in [6.45, 7) is 0. The number of aromatic nitrogens is 3. The molecule has 0 aromatic carbocycles. The second kappa shape index (κ2) is 4.33. The number of halogens is 1. The van der Waals surface area contributed by atoms with Gasteiger partial charge in [0.2, 0.25) is 0 Å². The van der Waals surface area contributed by atoms with E-state index >= 15 is 0 Å². The average Bonchev–Trinajstić information content (AvgIpc) is 2.30. The molecule has 0 fully saturated rings. The normalized spacial score (nSPS) is 12.4. The topological polar surface area (TPSA) is 58.9 Å². The summed E-state index contributed by atoms with van der Waals surface area (Å²) in [6, 6.07) is 3.34. The van der Waals surface area contributed by atoms with Gasteiger partial charge < -0.3 is 5.11 Å². The van der Waals surface area contributed by atoms with Crippen molar-refractivity contribution in [2.24, 2.45) is 0 Å². The molecule has 2 aromatic heterocycles. The van der Waals surface area contributed by atoms with Crippen molar-refractivity contribution in [3.8, 4) is 0 Å². The quantitative estimate of drug-likeness (QED) is 0.783. The second-order valence-electron chi connectivity index (χ2n) is 2.99. The fourth-order valence-electron chi connectivity index (χ4n) is 1.19. The molecular formula is C10H8ClN3O. The molecule has 0 aliphatic rings. The SMILES string of the molecule is OC(c1cncnc1)c1ccc(Cl)nc1. The Morgan fingerprint density at radius 1 is 1.07 bits per heavy atom. The third-order valence-corrected chi connectivity index (χ3v) is 2.19. The Bertz CT molecular complexity index is 432. The van der Waals surface area contributed by atoms with Gasteiger partial charge in [0.15, 0.2) is 0 Å². The summed E-state index contributed by atoms with van der Waals surface area (Å²) in [6.07, 6.45) is 5.30. The van der Waals surface area contributed by atoms with Crippen molar-refractivity contribution in [3.63, 3.8) is 0 Å². The van der Waals surface area contributed by atoms with Crippen LogP contribution in [0.4, 0.5) is 0 Å². The predicted molar refractivity (Wildman–Crippen MR) is 55.3 cm³/mol. The monoisotopic (exact) mass is 221 g/mol. The number of nitrogens with zero attached hydrogens (tertiary/aromatic N) is 3. The molecule has 0 bridgehead atoms. The molecule has 0 amide bonds. The molecule has 76 valence electrons. The lowest BCUT2D eigenvalue weighted by atomic mass is 10.1. The molecule has 1 unspecified atom stereocenters. The summed E-state index contributed by atoms with van der Waals surface area (Å²) < 4.78 is 0. The Hall–Kier alpha value is -1.52. The molecule has 2 heterocycles. The molecular weight excluding hydrogens is 214 g/mol. The minimum absolute atomic E-state index is 0.398. The van der Waals surface area contributed by atoms with Crippen LogP contribution in [0, 0.1) is 0 Å². The van der Waals surface area contributed by atoms with Crippen molar-refractivity contribution in [2.75, 3.05) is 0 Å². The molecule has 0 aliphatic heterocycles. The first kappa shape index (κ1) is 10.0. The van der Waals surface area contributed by atoms with E-state index in [9.17, 15) is 5.11 Å². The number of hydrogen-bond donors (Lipinski definition) is 1. The van der Waals surface area contributed by atoms with Gasteiger partial charge in [-0.3, -0.25) is 0 Å². The first-order valence-corrected chi connectivity index (χ1v) is 4.69. The van der Waals surface area contributed by atoms with Crippen molar-refractivity contribution in [1.82, 2.24) is 15.0 Å². The molecule has 0 aliphatic carbocycles. The van der Waals surface area contributed by atoms with Gasteiger partial charge in [0, 0.05) is 29.7 Å². The number of hydrogen-bond acceptors (Lipinski definition) is 4. The summed E-state index contributed by atoms with van der Waals surface area (Å²) in [7, 11) is 0. The van der Waals surface area contributed by atoms with Crippen molar-refractivity contribution in [2.45, 2.75) is 6.10 Å². The molecule has 15 heavy (non-hydrogen) atoms. The zero-order chi connectivity index (χ0) is 10.7. The first-order valence-electron chi connectivity index (χ1n) is 4.32. The predicted octanol–water partition coefficient (Wildman–Crippen LogP) is 1.61. The zero-order valence-electron chi connectivity index (χ0n) is 7.71. The van der Waals surface area contributed by atoms with E-state index in [0.29, 0.717) is 16.3 Å². The fourth-order valence-corrected chi connectivity index (χ4v) is 1.31. The molecule has 0 saturated heterocycles. The number of rotatable bonds is 2. The summed E-state index contributed by atoms with van der Waals surface area (Å²) in [4.78, 5) is 11.6. The minimum Gasteiger partial charge on any atom is -0.383 e. The highest BCUT2D eigenvalue weighted by atomic mass is 35.5. The van der Waals surface area contributed by atoms with Crippen molar-refractivity contribution < 1.29 is 5.11 Å². The standard InChI is InChI=1S/C10H8ClN3O/c11-9-2-1-7(5-14-9)10(15)8-3-12-6-13-4-8/h1-6,10,15H. The lowest BCUT2D eigenvalue weighted by molar-refractivity contribution is 0.219. The Balaban J connectivity index is 2.29. The maximum atomic E-state index is 9.92. The number of aliphatic hydroxyl groups excluding tert-OH is 1. The maximum Gasteiger partial charge on any atom is 0.129 e. The lowest BCUT2D eigenvalue weighted by Crippen LogP contribution is -2.01. The molecule has 2 rings (SSSR count). The van der Waals surface area contributed by atoms with Gasteiger partial charge in [0.05, 0.1) is 0 Å². The minimum atomic E-state index is -0.768. The molecule has 0 saturated carbocycles. The zero-order valence-corrected chi connectivity index (χ0v) is 8.46. The highest BCUT2D eigenvalue weighted by Gasteiger charge is 2.10. The summed E-state index contributed by atoms with van der Waals surface area (Å²) in [5.74, 6) is 0. The number of pyridine rings is 1. The van der Waals surface area contributed by atoms with Gasteiger partial charge in [0.1, 0.15) is 17.6 Å². The van der Waals surface area contributed by atoms with E-state index in [1.165, 1.54) is 12.5 Å². The Labute approximate surface area is 91.6 Å². The fraction of sp³-hybridized carbons (Fsp3) is 0.100. The van der Waals surface area contributed by atoms with Crippen LogP contribution in [0.15, 0.2) is 37.1 Å². The largest absolute Gasteiger partial charge is 0.383 e. The van der Waals surface area contributed by atoms with Crippen LogP contribution in [0.1, 0.15) is 17.2 Å². The molecule has 4 nitrogen and oxygen atoms in total. The van der Waals surface area contributed by atoms with E-state index in [2.05, 4.69) is 15.0 Å².